The summed E-state index contributed by atoms with van der Waals surface area (Å²) in [5, 5.41) is 4.02. The molecule has 5 heteroatoms. The highest BCUT2D eigenvalue weighted by molar-refractivity contribution is 5.82. The fourth-order valence-corrected chi connectivity index (χ4v) is 2.64. The summed E-state index contributed by atoms with van der Waals surface area (Å²) in [5.41, 5.74) is 1.11. The lowest BCUT2D eigenvalue weighted by Crippen LogP contribution is -2.25. The molecule has 1 aromatic heterocycles. The van der Waals surface area contributed by atoms with Crippen LogP contribution >= 0.6 is 0 Å². The summed E-state index contributed by atoms with van der Waals surface area (Å²) in [6.07, 6.45) is -3.52. The van der Waals surface area contributed by atoms with E-state index >= 15 is 0 Å². The Kier molecular flexibility index (Phi) is 4.33. The molecule has 21 heavy (non-hydrogen) atoms. The van der Waals surface area contributed by atoms with E-state index in [9.17, 15) is 13.2 Å². The monoisotopic (exact) mass is 298 g/mol. The zero-order chi connectivity index (χ0) is 15.8. The van der Waals surface area contributed by atoms with Crippen molar-refractivity contribution in [1.82, 2.24) is 9.88 Å². The molecular formula is C16H21F3N2. The molecule has 0 aliphatic heterocycles. The first kappa shape index (κ1) is 15.9. The van der Waals surface area contributed by atoms with Gasteiger partial charge in [-0.05, 0) is 51.4 Å². The molecule has 1 unspecified atom stereocenters. The molecule has 1 aromatic carbocycles. The Labute approximate surface area is 122 Å². The normalized spacial score (nSPS) is 14.1. The summed E-state index contributed by atoms with van der Waals surface area (Å²) < 4.78 is 40.7. The SMILES string of the molecule is CNC(C)Cc1cc2ccc(C(F)(F)F)cc2n1C(C)C. The van der Waals surface area contributed by atoms with Crippen LogP contribution in [0, 0.1) is 0 Å². The Balaban J connectivity index is 2.59. The third-order valence-electron chi connectivity index (χ3n) is 3.77. The van der Waals surface area contributed by atoms with Crippen LogP contribution in [0.3, 0.4) is 0 Å². The van der Waals surface area contributed by atoms with Crippen LogP contribution in [-0.4, -0.2) is 17.7 Å². The molecule has 0 bridgehead atoms. The van der Waals surface area contributed by atoms with Crippen molar-refractivity contribution in [1.29, 1.82) is 0 Å². The number of benzene rings is 1. The van der Waals surface area contributed by atoms with E-state index in [0.29, 0.717) is 5.52 Å². The summed E-state index contributed by atoms with van der Waals surface area (Å²) >= 11 is 0. The second-order valence-corrected chi connectivity index (χ2v) is 5.76. The number of fused-ring (bicyclic) bond motifs is 1. The van der Waals surface area contributed by atoms with Gasteiger partial charge in [0.1, 0.15) is 0 Å². The maximum atomic E-state index is 12.9. The zero-order valence-electron chi connectivity index (χ0n) is 12.8. The predicted molar refractivity (Wildman–Crippen MR) is 79.6 cm³/mol. The molecule has 0 saturated heterocycles. The fourth-order valence-electron chi connectivity index (χ4n) is 2.64. The van der Waals surface area contributed by atoms with Crippen LogP contribution in [0.2, 0.25) is 0 Å². The van der Waals surface area contributed by atoms with Gasteiger partial charge in [0.2, 0.25) is 0 Å². The fraction of sp³-hybridized carbons (Fsp3) is 0.500. The summed E-state index contributed by atoms with van der Waals surface area (Å²) in [5.74, 6) is 0. The van der Waals surface area contributed by atoms with Crippen LogP contribution in [0.1, 0.15) is 38.1 Å². The van der Waals surface area contributed by atoms with Gasteiger partial charge in [0.05, 0.1) is 5.56 Å². The molecule has 2 aromatic rings. The van der Waals surface area contributed by atoms with Gasteiger partial charge < -0.3 is 9.88 Å². The average molecular weight is 298 g/mol. The van der Waals surface area contributed by atoms with Gasteiger partial charge in [-0.1, -0.05) is 6.07 Å². The smallest absolute Gasteiger partial charge is 0.342 e. The van der Waals surface area contributed by atoms with Gasteiger partial charge in [0.25, 0.3) is 0 Å². The Morgan fingerprint density at radius 2 is 1.81 bits per heavy atom. The molecule has 2 nitrogen and oxygen atoms in total. The molecule has 0 amide bonds. The molecule has 0 aliphatic carbocycles. The third-order valence-corrected chi connectivity index (χ3v) is 3.77. The molecule has 0 spiro atoms. The van der Waals surface area contributed by atoms with Crippen LogP contribution in [0.4, 0.5) is 13.2 Å². The first-order valence-corrected chi connectivity index (χ1v) is 7.12. The molecule has 1 atom stereocenters. The van der Waals surface area contributed by atoms with Crippen molar-refractivity contribution in [2.24, 2.45) is 0 Å². The molecule has 1 N–H and O–H groups in total. The summed E-state index contributed by atoms with van der Waals surface area (Å²) in [7, 11) is 1.88. The predicted octanol–water partition coefficient (Wildman–Crippen LogP) is 4.39. The van der Waals surface area contributed by atoms with E-state index in [0.717, 1.165) is 23.6 Å². The Hall–Kier alpha value is -1.49. The Bertz CT molecular complexity index is 626. The van der Waals surface area contributed by atoms with E-state index in [-0.39, 0.29) is 12.1 Å². The summed E-state index contributed by atoms with van der Waals surface area (Å²) in [6, 6.07) is 6.34. The van der Waals surface area contributed by atoms with Crippen LogP contribution < -0.4 is 5.32 Å². The van der Waals surface area contributed by atoms with Crippen molar-refractivity contribution in [2.75, 3.05) is 7.05 Å². The number of alkyl halides is 3. The molecule has 2 rings (SSSR count). The van der Waals surface area contributed by atoms with Gasteiger partial charge >= 0.3 is 6.18 Å². The van der Waals surface area contributed by atoms with Crippen LogP contribution in [0.5, 0.6) is 0 Å². The van der Waals surface area contributed by atoms with Crippen molar-refractivity contribution < 1.29 is 13.2 Å². The number of aromatic nitrogens is 1. The number of nitrogens with zero attached hydrogens (tertiary/aromatic N) is 1. The number of hydrogen-bond donors (Lipinski definition) is 1. The maximum absolute atomic E-state index is 12.9. The van der Waals surface area contributed by atoms with E-state index in [2.05, 4.69) is 12.2 Å². The van der Waals surface area contributed by atoms with Gasteiger partial charge in [-0.15, -0.1) is 0 Å². The lowest BCUT2D eigenvalue weighted by Gasteiger charge is -2.18. The average Bonchev–Trinajstić information content (AvgIpc) is 2.74. The number of nitrogens with one attached hydrogen (secondary N) is 1. The highest BCUT2D eigenvalue weighted by atomic mass is 19.4. The maximum Gasteiger partial charge on any atom is 0.416 e. The van der Waals surface area contributed by atoms with Crippen molar-refractivity contribution in [3.63, 3.8) is 0 Å². The van der Waals surface area contributed by atoms with E-state index in [1.54, 1.807) is 6.07 Å². The van der Waals surface area contributed by atoms with E-state index in [1.165, 1.54) is 6.07 Å². The van der Waals surface area contributed by atoms with Crippen molar-refractivity contribution in [2.45, 2.75) is 45.5 Å². The standard InChI is InChI=1S/C16H21F3N2/c1-10(2)21-14(7-11(3)20-4)8-12-5-6-13(9-15(12)21)16(17,18)19/h5-6,8-11,20H,7H2,1-4H3. The largest absolute Gasteiger partial charge is 0.416 e. The lowest BCUT2D eigenvalue weighted by atomic mass is 10.1. The number of hydrogen-bond acceptors (Lipinski definition) is 1. The van der Waals surface area contributed by atoms with Gasteiger partial charge in [0, 0.05) is 29.7 Å². The molecule has 0 radical (unpaired) electrons. The van der Waals surface area contributed by atoms with Crippen molar-refractivity contribution in [3.8, 4) is 0 Å². The van der Waals surface area contributed by atoms with E-state index in [4.69, 9.17) is 0 Å². The number of rotatable bonds is 4. The third kappa shape index (κ3) is 3.23. The molecule has 1 heterocycles. The van der Waals surface area contributed by atoms with Gasteiger partial charge in [-0.2, -0.15) is 13.2 Å². The summed E-state index contributed by atoms with van der Waals surface area (Å²) in [6.45, 7) is 6.05. The number of halogens is 3. The molecular weight excluding hydrogens is 277 g/mol. The van der Waals surface area contributed by atoms with E-state index in [1.807, 2.05) is 31.5 Å². The van der Waals surface area contributed by atoms with Gasteiger partial charge in [-0.25, -0.2) is 0 Å². The Morgan fingerprint density at radius 1 is 1.14 bits per heavy atom. The minimum Gasteiger partial charge on any atom is -0.342 e. The second-order valence-electron chi connectivity index (χ2n) is 5.76. The summed E-state index contributed by atoms with van der Waals surface area (Å²) in [4.78, 5) is 0. The van der Waals surface area contributed by atoms with Gasteiger partial charge in [-0.3, -0.25) is 0 Å². The van der Waals surface area contributed by atoms with Crippen molar-refractivity contribution >= 4 is 10.9 Å². The minimum atomic E-state index is -4.31. The first-order chi connectivity index (χ1) is 9.74. The second kappa shape index (κ2) is 5.72. The first-order valence-electron chi connectivity index (χ1n) is 7.12. The molecule has 116 valence electrons. The Morgan fingerprint density at radius 3 is 2.33 bits per heavy atom. The van der Waals surface area contributed by atoms with E-state index < -0.39 is 11.7 Å². The quantitative estimate of drug-likeness (QED) is 0.885. The molecule has 0 saturated carbocycles. The number of likely N-dealkylation sites (N-methyl/N-ethyl adjacent to an activating group) is 1. The highest BCUT2D eigenvalue weighted by Gasteiger charge is 2.31. The molecule has 0 aliphatic rings. The molecule has 0 fully saturated rings. The van der Waals surface area contributed by atoms with Crippen LogP contribution in [-0.2, 0) is 12.6 Å². The van der Waals surface area contributed by atoms with Gasteiger partial charge in [0.15, 0.2) is 0 Å². The van der Waals surface area contributed by atoms with Crippen molar-refractivity contribution in [3.05, 3.63) is 35.5 Å². The minimum absolute atomic E-state index is 0.116. The highest BCUT2D eigenvalue weighted by Crippen LogP contribution is 2.33. The van der Waals surface area contributed by atoms with Crippen LogP contribution in [0.25, 0.3) is 10.9 Å². The van der Waals surface area contributed by atoms with Crippen LogP contribution in [0.15, 0.2) is 24.3 Å². The zero-order valence-corrected chi connectivity index (χ0v) is 12.8. The topological polar surface area (TPSA) is 17.0 Å². The lowest BCUT2D eigenvalue weighted by molar-refractivity contribution is -0.137.